The van der Waals surface area contributed by atoms with Gasteiger partial charge in [0, 0.05) is 0 Å². The van der Waals surface area contributed by atoms with Crippen molar-refractivity contribution in [2.24, 2.45) is 0 Å². The SMILES string of the molecule is CC(C)P(Cc1[c-]c(CP(c2ccccc2)c2ccccc2)ccc1)C(C)C.[Cl][Pd+]. The van der Waals surface area contributed by atoms with E-state index in [9.17, 15) is 0 Å². The van der Waals surface area contributed by atoms with Gasteiger partial charge in [-0.25, -0.2) is 0 Å². The fourth-order valence-corrected chi connectivity index (χ4v) is 8.38. The third-order valence-electron chi connectivity index (χ3n) is 5.06. The molecule has 3 rings (SSSR count). The average molecular weight is 547 g/mol. The first kappa shape index (κ1) is 25.7. The molecule has 0 aliphatic carbocycles. The van der Waals surface area contributed by atoms with Gasteiger partial charge >= 0.3 is 27.7 Å². The summed E-state index contributed by atoms with van der Waals surface area (Å²) < 4.78 is 0. The predicted molar refractivity (Wildman–Crippen MR) is 135 cm³/mol. The molecular formula is C26H31ClP2Pd. The molecular weight excluding hydrogens is 516 g/mol. The molecule has 162 valence electrons. The summed E-state index contributed by atoms with van der Waals surface area (Å²) in [5.41, 5.74) is 4.26. The molecule has 0 aliphatic heterocycles. The molecule has 0 fully saturated rings. The zero-order valence-corrected chi connectivity index (χ0v) is 22.3. The Bertz CT molecular complexity index is 806. The van der Waals surface area contributed by atoms with E-state index in [1.165, 1.54) is 27.9 Å². The van der Waals surface area contributed by atoms with Crippen molar-refractivity contribution in [2.75, 3.05) is 0 Å². The Labute approximate surface area is 200 Å². The van der Waals surface area contributed by atoms with Crippen LogP contribution in [0, 0.1) is 6.07 Å². The fourth-order valence-electron chi connectivity index (χ4n) is 3.63. The van der Waals surface area contributed by atoms with Gasteiger partial charge in [0.1, 0.15) is 0 Å². The molecule has 0 radical (unpaired) electrons. The third kappa shape index (κ3) is 7.87. The number of hydrogen-bond acceptors (Lipinski definition) is 0. The molecule has 0 saturated carbocycles. The molecule has 0 nitrogen and oxygen atoms in total. The van der Waals surface area contributed by atoms with Crippen molar-refractivity contribution in [1.82, 2.24) is 0 Å². The Morgan fingerprint density at radius 3 is 1.53 bits per heavy atom. The minimum atomic E-state index is -0.411. The Morgan fingerprint density at radius 2 is 1.10 bits per heavy atom. The van der Waals surface area contributed by atoms with Crippen molar-refractivity contribution < 1.29 is 18.2 Å². The van der Waals surface area contributed by atoms with Crippen LogP contribution < -0.4 is 10.6 Å². The number of hydrogen-bond donors (Lipinski definition) is 0. The molecule has 3 aromatic carbocycles. The molecule has 0 unspecified atom stereocenters. The first-order valence-electron chi connectivity index (χ1n) is 10.3. The molecule has 0 N–H and O–H groups in total. The summed E-state index contributed by atoms with van der Waals surface area (Å²) in [5, 5.41) is 2.88. The van der Waals surface area contributed by atoms with E-state index in [1.54, 1.807) is 0 Å². The summed E-state index contributed by atoms with van der Waals surface area (Å²) in [6.07, 6.45) is 2.24. The van der Waals surface area contributed by atoms with E-state index in [-0.39, 0.29) is 7.92 Å². The van der Waals surface area contributed by atoms with Crippen LogP contribution in [0.3, 0.4) is 0 Å². The average Bonchev–Trinajstić information content (AvgIpc) is 2.78. The Morgan fingerprint density at radius 1 is 0.667 bits per heavy atom. The van der Waals surface area contributed by atoms with Crippen LogP contribution >= 0.6 is 25.4 Å². The van der Waals surface area contributed by atoms with Crippen LogP contribution in [-0.2, 0) is 30.5 Å². The summed E-state index contributed by atoms with van der Waals surface area (Å²) in [6.45, 7) is 9.50. The van der Waals surface area contributed by atoms with Gasteiger partial charge in [-0.1, -0.05) is 96.3 Å². The predicted octanol–water partition coefficient (Wildman–Crippen LogP) is 7.61. The van der Waals surface area contributed by atoms with Gasteiger partial charge in [-0.05, 0) is 42.2 Å². The van der Waals surface area contributed by atoms with Crippen LogP contribution in [0.1, 0.15) is 38.8 Å². The van der Waals surface area contributed by atoms with Crippen molar-refractivity contribution in [3.63, 3.8) is 0 Å². The second-order valence-electron chi connectivity index (χ2n) is 7.82. The van der Waals surface area contributed by atoms with Gasteiger partial charge < -0.3 is 0 Å². The second kappa shape index (κ2) is 13.8. The van der Waals surface area contributed by atoms with Gasteiger partial charge in [0.25, 0.3) is 0 Å². The molecule has 0 heterocycles. The van der Waals surface area contributed by atoms with Crippen LogP contribution in [0.5, 0.6) is 0 Å². The number of halogens is 1. The van der Waals surface area contributed by atoms with Gasteiger partial charge in [0.2, 0.25) is 0 Å². The Kier molecular flexibility index (Phi) is 11.8. The maximum absolute atomic E-state index is 4.49. The van der Waals surface area contributed by atoms with E-state index in [0.717, 1.165) is 17.5 Å². The van der Waals surface area contributed by atoms with Crippen molar-refractivity contribution in [2.45, 2.75) is 51.3 Å². The van der Waals surface area contributed by atoms with E-state index in [0.29, 0.717) is 0 Å². The zero-order valence-electron chi connectivity index (χ0n) is 18.2. The first-order valence-corrected chi connectivity index (χ1v) is 15.5. The topological polar surface area (TPSA) is 0 Å². The summed E-state index contributed by atoms with van der Waals surface area (Å²) in [4.78, 5) is 0. The van der Waals surface area contributed by atoms with Crippen molar-refractivity contribution in [3.8, 4) is 0 Å². The van der Waals surface area contributed by atoms with Crippen LogP contribution in [0.25, 0.3) is 0 Å². The molecule has 0 spiro atoms. The molecule has 0 aromatic heterocycles. The van der Waals surface area contributed by atoms with Gasteiger partial charge in [0.15, 0.2) is 0 Å². The molecule has 0 saturated heterocycles. The quantitative estimate of drug-likeness (QED) is 0.155. The van der Waals surface area contributed by atoms with E-state index >= 15 is 0 Å². The van der Waals surface area contributed by atoms with Crippen molar-refractivity contribution >= 4 is 36.0 Å². The molecule has 0 bridgehead atoms. The van der Waals surface area contributed by atoms with Crippen LogP contribution in [0.4, 0.5) is 0 Å². The molecule has 3 aromatic rings. The standard InChI is InChI=1S/C26H31P2.ClH.Pd/c1-21(2)27(22(3)4)19-23-12-11-13-24(18-23)20-28(25-14-7-5-8-15-25)26-16-9-6-10-17-26;;/h5-17,21-22H,19-20H2,1-4H3;1H;/q-1;;+2/p-1. The van der Waals surface area contributed by atoms with Gasteiger partial charge in [0.05, 0.1) is 0 Å². The molecule has 0 amide bonds. The maximum atomic E-state index is 4.49. The molecule has 0 atom stereocenters. The van der Waals surface area contributed by atoms with E-state index in [2.05, 4.69) is 140 Å². The fraction of sp³-hybridized carbons (Fsp3) is 0.308. The van der Waals surface area contributed by atoms with Gasteiger partial charge in [-0.3, -0.25) is 0 Å². The monoisotopic (exact) mass is 546 g/mol. The molecule has 0 aliphatic rings. The van der Waals surface area contributed by atoms with Crippen LogP contribution in [0.15, 0.2) is 78.9 Å². The summed E-state index contributed by atoms with van der Waals surface area (Å²) >= 11 is 2.22. The molecule has 4 heteroatoms. The number of benzene rings is 3. The zero-order chi connectivity index (χ0) is 21.9. The van der Waals surface area contributed by atoms with Crippen LogP contribution in [0.2, 0.25) is 0 Å². The van der Waals surface area contributed by atoms with E-state index in [4.69, 9.17) is 0 Å². The Balaban J connectivity index is 0.00000155. The third-order valence-corrected chi connectivity index (χ3v) is 10.9. The summed E-state index contributed by atoms with van der Waals surface area (Å²) in [7, 11) is 4.08. The Hall–Kier alpha value is -0.528. The second-order valence-corrected chi connectivity index (χ2v) is 13.4. The normalized spacial score (nSPS) is 11.2. The minimum absolute atomic E-state index is 0.00127. The molecule has 30 heavy (non-hydrogen) atoms. The van der Waals surface area contributed by atoms with E-state index in [1.807, 2.05) is 0 Å². The van der Waals surface area contributed by atoms with Crippen molar-refractivity contribution in [1.29, 1.82) is 0 Å². The van der Waals surface area contributed by atoms with Crippen molar-refractivity contribution in [3.05, 3.63) is 96.1 Å². The van der Waals surface area contributed by atoms with Gasteiger partial charge in [-0.15, -0.1) is 0 Å². The number of rotatable bonds is 8. The first-order chi connectivity index (χ1) is 14.5. The van der Waals surface area contributed by atoms with Crippen LogP contribution in [-0.4, -0.2) is 11.3 Å². The van der Waals surface area contributed by atoms with Gasteiger partial charge in [-0.2, -0.15) is 35.4 Å². The van der Waals surface area contributed by atoms with E-state index < -0.39 is 7.92 Å². The summed E-state index contributed by atoms with van der Waals surface area (Å²) in [6, 6.07) is 32.5. The summed E-state index contributed by atoms with van der Waals surface area (Å²) in [5.74, 6) is 0.